The molecule has 0 saturated carbocycles. The van der Waals surface area contributed by atoms with Crippen LogP contribution in [0.2, 0.25) is 10.0 Å². The van der Waals surface area contributed by atoms with Crippen molar-refractivity contribution < 1.29 is 9.21 Å². The van der Waals surface area contributed by atoms with Gasteiger partial charge in [0.05, 0.1) is 5.02 Å². The lowest BCUT2D eigenvalue weighted by molar-refractivity contribution is 0.0977. The van der Waals surface area contributed by atoms with Crippen LogP contribution in [0, 0.1) is 0 Å². The van der Waals surface area contributed by atoms with Crippen molar-refractivity contribution >= 4 is 63.2 Å². The minimum atomic E-state index is -0.255. The summed E-state index contributed by atoms with van der Waals surface area (Å²) in [5.74, 6) is 0.696. The minimum absolute atomic E-state index is 0.228. The summed E-state index contributed by atoms with van der Waals surface area (Å²) in [6.07, 6.45) is 0.496. The van der Waals surface area contributed by atoms with Crippen molar-refractivity contribution in [3.63, 3.8) is 0 Å². The third-order valence-corrected chi connectivity index (χ3v) is 5.79. The van der Waals surface area contributed by atoms with Gasteiger partial charge in [-0.25, -0.2) is 4.98 Å². The Morgan fingerprint density at radius 1 is 1.06 bits per heavy atom. The molecule has 1 amide bonds. The highest BCUT2D eigenvalue weighted by Gasteiger charge is 2.12. The first-order valence-electron chi connectivity index (χ1n) is 10.3. The smallest absolute Gasteiger partial charge is 0.257 e. The highest BCUT2D eigenvalue weighted by atomic mass is 35.5. The standard InChI is InChI=1S/C25H21Cl2N3O2S/c1-14(2)16-5-7-17(8-6-16)24(31)30-25(33)28-19-9-3-15(4-10-19)11-22-29-21-13-18(26)12-20(27)23(21)32-22/h3-10,12-14H,11H2,1-2H3,(H2,28,30,31,33). The monoisotopic (exact) mass is 497 g/mol. The van der Waals surface area contributed by atoms with Crippen LogP contribution in [0.5, 0.6) is 0 Å². The molecule has 5 nitrogen and oxygen atoms in total. The summed E-state index contributed by atoms with van der Waals surface area (Å²) >= 11 is 17.5. The Hall–Kier alpha value is -2.93. The quantitative estimate of drug-likeness (QED) is 0.291. The molecule has 0 aliphatic rings. The maximum absolute atomic E-state index is 12.4. The molecule has 1 heterocycles. The molecule has 0 fully saturated rings. The number of rotatable bonds is 5. The molecule has 8 heteroatoms. The molecule has 0 spiro atoms. The number of anilines is 1. The lowest BCUT2D eigenvalue weighted by atomic mass is 10.0. The van der Waals surface area contributed by atoms with Gasteiger partial charge in [0.15, 0.2) is 16.6 Å². The zero-order valence-corrected chi connectivity index (χ0v) is 20.3. The molecule has 2 N–H and O–H groups in total. The number of amides is 1. The van der Waals surface area contributed by atoms with Gasteiger partial charge < -0.3 is 9.73 Å². The Morgan fingerprint density at radius 3 is 2.42 bits per heavy atom. The Labute approximate surface area is 207 Å². The van der Waals surface area contributed by atoms with Crippen LogP contribution in [-0.2, 0) is 6.42 Å². The number of carbonyl (C=O) groups excluding carboxylic acids is 1. The van der Waals surface area contributed by atoms with Crippen molar-refractivity contribution in [1.29, 1.82) is 0 Å². The van der Waals surface area contributed by atoms with Crippen molar-refractivity contribution in [2.24, 2.45) is 0 Å². The van der Waals surface area contributed by atoms with E-state index in [0.717, 1.165) is 11.3 Å². The third-order valence-electron chi connectivity index (χ3n) is 5.09. The van der Waals surface area contributed by atoms with Crippen LogP contribution in [0.3, 0.4) is 0 Å². The fourth-order valence-electron chi connectivity index (χ4n) is 3.32. The second kappa shape index (κ2) is 9.91. The van der Waals surface area contributed by atoms with E-state index >= 15 is 0 Å². The molecule has 0 aliphatic carbocycles. The van der Waals surface area contributed by atoms with Gasteiger partial charge in [-0.1, -0.05) is 61.3 Å². The lowest BCUT2D eigenvalue weighted by Crippen LogP contribution is -2.34. The Bertz CT molecular complexity index is 1320. The molecule has 3 aromatic carbocycles. The number of hydrogen-bond acceptors (Lipinski definition) is 4. The topological polar surface area (TPSA) is 67.2 Å². The van der Waals surface area contributed by atoms with Gasteiger partial charge in [-0.15, -0.1) is 0 Å². The van der Waals surface area contributed by atoms with E-state index in [1.165, 1.54) is 5.56 Å². The summed E-state index contributed by atoms with van der Waals surface area (Å²) in [5.41, 5.74) is 4.63. The van der Waals surface area contributed by atoms with Gasteiger partial charge in [-0.2, -0.15) is 0 Å². The van der Waals surface area contributed by atoms with Gasteiger partial charge in [-0.05, 0) is 65.7 Å². The number of benzene rings is 3. The number of nitrogens with one attached hydrogen (secondary N) is 2. The molecule has 1 aromatic heterocycles. The lowest BCUT2D eigenvalue weighted by Gasteiger charge is -2.11. The number of halogens is 2. The first kappa shape index (κ1) is 23.2. The first-order valence-corrected chi connectivity index (χ1v) is 11.5. The van der Waals surface area contributed by atoms with E-state index in [1.807, 2.05) is 36.4 Å². The average Bonchev–Trinajstić information content (AvgIpc) is 3.17. The molecule has 0 aliphatic heterocycles. The van der Waals surface area contributed by atoms with E-state index in [9.17, 15) is 4.79 Å². The highest BCUT2D eigenvalue weighted by Crippen LogP contribution is 2.29. The van der Waals surface area contributed by atoms with Crippen LogP contribution in [0.25, 0.3) is 11.1 Å². The van der Waals surface area contributed by atoms with Gasteiger partial charge in [0.2, 0.25) is 0 Å². The number of aromatic nitrogens is 1. The minimum Gasteiger partial charge on any atom is -0.439 e. The highest BCUT2D eigenvalue weighted by molar-refractivity contribution is 7.80. The normalized spacial score (nSPS) is 11.1. The molecular weight excluding hydrogens is 477 g/mol. The van der Waals surface area contributed by atoms with E-state index in [0.29, 0.717) is 44.9 Å². The Kier molecular flexibility index (Phi) is 6.98. The molecule has 0 unspecified atom stereocenters. The molecule has 0 atom stereocenters. The Morgan fingerprint density at radius 2 is 1.76 bits per heavy atom. The van der Waals surface area contributed by atoms with Crippen molar-refractivity contribution in [1.82, 2.24) is 10.3 Å². The molecule has 4 rings (SSSR count). The predicted molar refractivity (Wildman–Crippen MR) is 137 cm³/mol. The second-order valence-electron chi connectivity index (χ2n) is 7.90. The maximum atomic E-state index is 12.4. The fraction of sp³-hybridized carbons (Fsp3) is 0.160. The van der Waals surface area contributed by atoms with Crippen molar-refractivity contribution in [3.05, 3.63) is 93.3 Å². The van der Waals surface area contributed by atoms with E-state index in [1.54, 1.807) is 24.3 Å². The molecule has 33 heavy (non-hydrogen) atoms. The maximum Gasteiger partial charge on any atom is 0.257 e. The van der Waals surface area contributed by atoms with E-state index < -0.39 is 0 Å². The summed E-state index contributed by atoms with van der Waals surface area (Å²) in [7, 11) is 0. The number of fused-ring (bicyclic) bond motifs is 1. The first-order chi connectivity index (χ1) is 15.8. The van der Waals surface area contributed by atoms with Crippen LogP contribution < -0.4 is 10.6 Å². The van der Waals surface area contributed by atoms with E-state index in [2.05, 4.69) is 29.5 Å². The molecule has 0 radical (unpaired) electrons. The van der Waals surface area contributed by atoms with Crippen molar-refractivity contribution in [2.45, 2.75) is 26.2 Å². The molecular formula is C25H21Cl2N3O2S. The van der Waals surface area contributed by atoms with Crippen LogP contribution in [-0.4, -0.2) is 16.0 Å². The SMILES string of the molecule is CC(C)c1ccc(C(=O)NC(=S)Nc2ccc(Cc3nc4cc(Cl)cc(Cl)c4o3)cc2)cc1. The molecule has 4 aromatic rings. The van der Waals surface area contributed by atoms with Gasteiger partial charge in [0, 0.05) is 22.7 Å². The van der Waals surface area contributed by atoms with Crippen molar-refractivity contribution in [2.75, 3.05) is 5.32 Å². The van der Waals surface area contributed by atoms with Crippen molar-refractivity contribution in [3.8, 4) is 0 Å². The van der Waals surface area contributed by atoms with Crippen LogP contribution in [0.1, 0.15) is 47.1 Å². The third kappa shape index (κ3) is 5.71. The van der Waals surface area contributed by atoms with E-state index in [-0.39, 0.29) is 11.0 Å². The van der Waals surface area contributed by atoms with E-state index in [4.69, 9.17) is 39.8 Å². The number of hydrogen-bond donors (Lipinski definition) is 2. The largest absolute Gasteiger partial charge is 0.439 e. The number of thiocarbonyl (C=S) groups is 1. The van der Waals surface area contributed by atoms with Gasteiger partial charge in [0.25, 0.3) is 5.91 Å². The number of carbonyl (C=O) groups is 1. The van der Waals surface area contributed by atoms with Gasteiger partial charge >= 0.3 is 0 Å². The van der Waals surface area contributed by atoms with Gasteiger partial charge in [-0.3, -0.25) is 10.1 Å². The molecule has 0 bridgehead atoms. The fourth-order valence-corrected chi connectivity index (χ4v) is 4.05. The summed E-state index contributed by atoms with van der Waals surface area (Å²) in [4.78, 5) is 16.9. The summed E-state index contributed by atoms with van der Waals surface area (Å²) in [5, 5.41) is 6.91. The van der Waals surface area contributed by atoms with Crippen LogP contribution in [0.15, 0.2) is 65.1 Å². The average molecular weight is 498 g/mol. The van der Waals surface area contributed by atoms with Crippen LogP contribution in [0.4, 0.5) is 5.69 Å². The summed E-state index contributed by atoms with van der Waals surface area (Å²) in [6.45, 7) is 4.22. The zero-order chi connectivity index (χ0) is 23.5. The predicted octanol–water partition coefficient (Wildman–Crippen LogP) is 6.98. The number of oxazole rings is 1. The number of nitrogens with zero attached hydrogens (tertiary/aromatic N) is 1. The summed E-state index contributed by atoms with van der Waals surface area (Å²) in [6, 6.07) is 18.5. The molecule has 0 saturated heterocycles. The van der Waals surface area contributed by atoms with Crippen LogP contribution >= 0.6 is 35.4 Å². The summed E-state index contributed by atoms with van der Waals surface area (Å²) < 4.78 is 5.77. The second-order valence-corrected chi connectivity index (χ2v) is 9.15. The Balaban J connectivity index is 1.35. The molecule has 168 valence electrons. The van der Waals surface area contributed by atoms with Gasteiger partial charge in [0.1, 0.15) is 5.52 Å². The zero-order valence-electron chi connectivity index (χ0n) is 18.0.